The first-order valence-corrected chi connectivity index (χ1v) is 10.8. The second kappa shape index (κ2) is 10.00. The van der Waals surface area contributed by atoms with E-state index < -0.39 is 11.5 Å². The molecule has 0 radical (unpaired) electrons. The number of hydrogen-bond donors (Lipinski definition) is 1. The quantitative estimate of drug-likeness (QED) is 0.386. The number of nitrogens with two attached hydrogens (primary N) is 1. The predicted molar refractivity (Wildman–Crippen MR) is 128 cm³/mol. The van der Waals surface area contributed by atoms with E-state index >= 15 is 0 Å². The number of fused-ring (bicyclic) bond motifs is 1. The average molecular weight is 472 g/mol. The Balaban J connectivity index is 0.00000141. The summed E-state index contributed by atoms with van der Waals surface area (Å²) in [6.07, 6.45) is 3.10. The van der Waals surface area contributed by atoms with E-state index in [1.807, 2.05) is 44.2 Å². The van der Waals surface area contributed by atoms with E-state index in [-0.39, 0.29) is 23.8 Å². The Morgan fingerprint density at radius 2 is 1.83 bits per heavy atom. The van der Waals surface area contributed by atoms with E-state index in [1.54, 1.807) is 0 Å². The molecule has 0 aliphatic rings. The molecule has 10 nitrogen and oxygen atoms in total. The number of hydrogen-bond acceptors (Lipinski definition) is 8. The van der Waals surface area contributed by atoms with Gasteiger partial charge in [0.25, 0.3) is 0 Å². The first-order valence-electron chi connectivity index (χ1n) is 10.8. The fraction of sp³-hybridized carbons (Fsp3) is 0.125. The van der Waals surface area contributed by atoms with E-state index in [0.717, 1.165) is 11.8 Å². The Hall–Kier alpha value is -4.80. The summed E-state index contributed by atoms with van der Waals surface area (Å²) in [4.78, 5) is 32.9. The highest BCUT2D eigenvalue weighted by Gasteiger charge is 2.22. The molecule has 4 heterocycles. The SMILES string of the molecule is CC.Nc1nc(-c2ccccc2)c(-c2cnnc(C=O)c2)c2nn(Cc3ccc(F)cn3)c(=O)n12. The third-order valence-corrected chi connectivity index (χ3v) is 4.99. The molecule has 5 rings (SSSR count). The van der Waals surface area contributed by atoms with E-state index in [2.05, 4.69) is 25.3 Å². The summed E-state index contributed by atoms with van der Waals surface area (Å²) >= 11 is 0. The van der Waals surface area contributed by atoms with Gasteiger partial charge in [0.05, 0.1) is 35.9 Å². The molecular formula is C24H21FN8O2. The highest BCUT2D eigenvalue weighted by Crippen LogP contribution is 2.33. The van der Waals surface area contributed by atoms with Crippen molar-refractivity contribution in [2.45, 2.75) is 20.4 Å². The first kappa shape index (κ1) is 23.4. The summed E-state index contributed by atoms with van der Waals surface area (Å²) in [7, 11) is 0. The van der Waals surface area contributed by atoms with Crippen LogP contribution in [0.1, 0.15) is 30.0 Å². The summed E-state index contributed by atoms with van der Waals surface area (Å²) < 4.78 is 15.6. The second-order valence-corrected chi connectivity index (χ2v) is 7.11. The Bertz CT molecular complexity index is 1550. The van der Waals surface area contributed by atoms with Crippen molar-refractivity contribution < 1.29 is 9.18 Å². The van der Waals surface area contributed by atoms with Crippen molar-refractivity contribution in [1.82, 2.24) is 34.3 Å². The fourth-order valence-electron chi connectivity index (χ4n) is 3.51. The molecule has 1 aromatic carbocycles. The van der Waals surface area contributed by atoms with Crippen molar-refractivity contribution in [2.24, 2.45) is 0 Å². The smallest absolute Gasteiger partial charge is 0.353 e. The number of nitrogens with zero attached hydrogens (tertiary/aromatic N) is 7. The Labute approximate surface area is 198 Å². The number of anilines is 1. The molecule has 0 saturated heterocycles. The van der Waals surface area contributed by atoms with Crippen molar-refractivity contribution in [3.63, 3.8) is 0 Å². The summed E-state index contributed by atoms with van der Waals surface area (Å²) in [6, 6.07) is 13.5. The van der Waals surface area contributed by atoms with Crippen LogP contribution in [0.4, 0.5) is 10.3 Å². The van der Waals surface area contributed by atoms with Gasteiger partial charge in [0.1, 0.15) is 11.5 Å². The van der Waals surface area contributed by atoms with Crippen LogP contribution >= 0.6 is 0 Å². The van der Waals surface area contributed by atoms with Gasteiger partial charge in [-0.2, -0.15) is 5.10 Å². The standard InChI is InChI=1S/C22H15FN8O2.C2H6/c23-15-6-7-16(25-10-15)11-30-22(33)31-20(29-30)18(14-8-17(12-32)28-26-9-14)19(27-21(31)24)13-4-2-1-3-5-13;1-2/h1-10,12H,11H2,(H2,24,27);1-2H3. The zero-order valence-corrected chi connectivity index (χ0v) is 19.0. The fourth-order valence-corrected chi connectivity index (χ4v) is 3.51. The van der Waals surface area contributed by atoms with Crippen LogP contribution in [0.15, 0.2) is 65.7 Å². The van der Waals surface area contributed by atoms with Crippen LogP contribution in [0, 0.1) is 5.82 Å². The van der Waals surface area contributed by atoms with Gasteiger partial charge in [0.2, 0.25) is 5.95 Å². The lowest BCUT2D eigenvalue weighted by molar-refractivity contribution is 0.111. The second-order valence-electron chi connectivity index (χ2n) is 7.11. The molecule has 0 amide bonds. The van der Waals surface area contributed by atoms with Crippen LogP contribution in [0.25, 0.3) is 28.0 Å². The van der Waals surface area contributed by atoms with Gasteiger partial charge in [0, 0.05) is 11.1 Å². The first-order chi connectivity index (χ1) is 17.0. The maximum atomic E-state index is 13.2. The minimum atomic E-state index is -0.542. The minimum absolute atomic E-state index is 0.00543. The summed E-state index contributed by atoms with van der Waals surface area (Å²) in [5.74, 6) is -0.547. The third kappa shape index (κ3) is 4.51. The topological polar surface area (TPSA) is 134 Å². The van der Waals surface area contributed by atoms with Gasteiger partial charge >= 0.3 is 5.69 Å². The zero-order chi connectivity index (χ0) is 24.9. The minimum Gasteiger partial charge on any atom is -0.369 e. The van der Waals surface area contributed by atoms with Crippen LogP contribution in [0.2, 0.25) is 0 Å². The third-order valence-electron chi connectivity index (χ3n) is 4.99. The number of aldehydes is 1. The summed E-state index contributed by atoms with van der Waals surface area (Å²) in [6.45, 7) is 3.99. The molecule has 11 heteroatoms. The molecule has 5 aromatic rings. The van der Waals surface area contributed by atoms with Gasteiger partial charge < -0.3 is 5.73 Å². The lowest BCUT2D eigenvalue weighted by Crippen LogP contribution is -2.24. The summed E-state index contributed by atoms with van der Waals surface area (Å²) in [5.41, 5.74) is 8.53. The number of halogens is 1. The van der Waals surface area contributed by atoms with Gasteiger partial charge in [-0.3, -0.25) is 9.78 Å². The van der Waals surface area contributed by atoms with Crippen molar-refractivity contribution in [2.75, 3.05) is 5.73 Å². The van der Waals surface area contributed by atoms with Gasteiger partial charge in [-0.15, -0.1) is 10.2 Å². The van der Waals surface area contributed by atoms with Crippen LogP contribution in [-0.4, -0.2) is 40.6 Å². The zero-order valence-electron chi connectivity index (χ0n) is 19.0. The molecule has 0 fully saturated rings. The number of benzene rings is 1. The molecular weight excluding hydrogens is 451 g/mol. The molecule has 4 aromatic heterocycles. The average Bonchev–Trinajstić information content (AvgIpc) is 3.23. The maximum Gasteiger partial charge on any atom is 0.353 e. The van der Waals surface area contributed by atoms with Gasteiger partial charge in [0.15, 0.2) is 11.9 Å². The maximum absolute atomic E-state index is 13.2. The van der Waals surface area contributed by atoms with Crippen LogP contribution in [-0.2, 0) is 6.54 Å². The molecule has 35 heavy (non-hydrogen) atoms. The van der Waals surface area contributed by atoms with Gasteiger partial charge in [-0.05, 0) is 18.2 Å². The lowest BCUT2D eigenvalue weighted by Gasteiger charge is -2.11. The van der Waals surface area contributed by atoms with E-state index in [9.17, 15) is 14.0 Å². The van der Waals surface area contributed by atoms with Crippen LogP contribution in [0.3, 0.4) is 0 Å². The molecule has 0 saturated carbocycles. The molecule has 0 atom stereocenters. The van der Waals surface area contributed by atoms with E-state index in [0.29, 0.717) is 28.8 Å². The predicted octanol–water partition coefficient (Wildman–Crippen LogP) is 3.02. The molecule has 0 spiro atoms. The van der Waals surface area contributed by atoms with Crippen LogP contribution in [0.5, 0.6) is 0 Å². The van der Waals surface area contributed by atoms with Crippen molar-refractivity contribution >= 4 is 17.9 Å². The highest BCUT2D eigenvalue weighted by molar-refractivity contribution is 5.91. The Morgan fingerprint density at radius 1 is 1.06 bits per heavy atom. The normalized spacial score (nSPS) is 10.6. The van der Waals surface area contributed by atoms with Crippen molar-refractivity contribution in [3.8, 4) is 22.4 Å². The van der Waals surface area contributed by atoms with Crippen LogP contribution < -0.4 is 11.4 Å². The Kier molecular flexibility index (Phi) is 6.67. The molecule has 0 aliphatic carbocycles. The lowest BCUT2D eigenvalue weighted by atomic mass is 10.0. The number of carbonyl (C=O) groups excluding carboxylic acids is 1. The molecule has 0 unspecified atom stereocenters. The van der Waals surface area contributed by atoms with Gasteiger partial charge in [-0.1, -0.05) is 44.2 Å². The number of aromatic nitrogens is 7. The summed E-state index contributed by atoms with van der Waals surface area (Å²) in [5, 5.41) is 12.2. The largest absolute Gasteiger partial charge is 0.369 e. The van der Waals surface area contributed by atoms with E-state index in [4.69, 9.17) is 5.73 Å². The molecule has 0 aliphatic heterocycles. The number of rotatable bonds is 5. The number of nitrogen functional groups attached to an aromatic ring is 1. The molecule has 0 bridgehead atoms. The van der Waals surface area contributed by atoms with Crippen molar-refractivity contribution in [3.05, 3.63) is 88.6 Å². The van der Waals surface area contributed by atoms with Gasteiger partial charge in [-0.25, -0.2) is 23.3 Å². The highest BCUT2D eigenvalue weighted by atomic mass is 19.1. The molecule has 2 N–H and O–H groups in total. The molecule has 176 valence electrons. The number of carbonyl (C=O) groups is 1. The number of pyridine rings is 1. The van der Waals surface area contributed by atoms with Crippen molar-refractivity contribution in [1.29, 1.82) is 0 Å². The van der Waals surface area contributed by atoms with E-state index in [1.165, 1.54) is 33.5 Å². The Morgan fingerprint density at radius 3 is 2.51 bits per heavy atom. The monoisotopic (exact) mass is 472 g/mol.